The second-order valence-corrected chi connectivity index (χ2v) is 4.66. The molecule has 100 valence electrons. The Morgan fingerprint density at radius 2 is 2.28 bits per heavy atom. The van der Waals surface area contributed by atoms with Crippen LogP contribution in [0.4, 0.5) is 5.95 Å². The first-order valence-electron chi connectivity index (χ1n) is 6.27. The van der Waals surface area contributed by atoms with Gasteiger partial charge in [0, 0.05) is 26.3 Å². The molecule has 6 nitrogen and oxygen atoms in total. The molecule has 0 spiro atoms. The maximum absolute atomic E-state index is 11.6. The number of rotatable bonds is 4. The number of anilines is 1. The number of piperidine rings is 1. The lowest BCUT2D eigenvalue weighted by molar-refractivity contribution is 0.181. The van der Waals surface area contributed by atoms with Crippen molar-refractivity contribution in [2.24, 2.45) is 11.7 Å². The van der Waals surface area contributed by atoms with E-state index in [9.17, 15) is 4.79 Å². The number of nitrogens with two attached hydrogens (primary N) is 1. The van der Waals surface area contributed by atoms with E-state index in [0.29, 0.717) is 24.2 Å². The third-order valence-corrected chi connectivity index (χ3v) is 3.32. The van der Waals surface area contributed by atoms with E-state index in [1.807, 2.05) is 0 Å². The molecule has 2 rings (SSSR count). The lowest BCUT2D eigenvalue weighted by Crippen LogP contribution is -2.38. The molecule has 1 aliphatic rings. The highest BCUT2D eigenvalue weighted by Gasteiger charge is 2.19. The number of aromatic amines is 1. The van der Waals surface area contributed by atoms with Gasteiger partial charge in [-0.15, -0.1) is 0 Å². The number of ether oxygens (including phenoxy) is 1. The molecular formula is C12H20N4O2. The molecule has 6 heteroatoms. The molecule has 1 aromatic rings. The molecule has 1 aromatic heterocycles. The van der Waals surface area contributed by atoms with E-state index < -0.39 is 0 Å². The molecule has 0 aliphatic carbocycles. The van der Waals surface area contributed by atoms with Gasteiger partial charge in [0.15, 0.2) is 0 Å². The molecule has 0 atom stereocenters. The van der Waals surface area contributed by atoms with Crippen molar-refractivity contribution in [2.75, 3.05) is 31.6 Å². The van der Waals surface area contributed by atoms with Gasteiger partial charge in [-0.05, 0) is 25.3 Å². The molecule has 0 aromatic carbocycles. The van der Waals surface area contributed by atoms with Gasteiger partial charge in [-0.1, -0.05) is 0 Å². The summed E-state index contributed by atoms with van der Waals surface area (Å²) in [7, 11) is 1.59. The van der Waals surface area contributed by atoms with Crippen LogP contribution in [0.15, 0.2) is 10.9 Å². The lowest BCUT2D eigenvalue weighted by Gasteiger charge is -2.31. The number of methoxy groups -OCH3 is 1. The fourth-order valence-electron chi connectivity index (χ4n) is 2.25. The first-order valence-corrected chi connectivity index (χ1v) is 6.27. The molecule has 0 saturated carbocycles. The fourth-order valence-corrected chi connectivity index (χ4v) is 2.25. The van der Waals surface area contributed by atoms with Crippen LogP contribution >= 0.6 is 0 Å². The molecule has 0 unspecified atom stereocenters. The van der Waals surface area contributed by atoms with E-state index in [0.717, 1.165) is 32.5 Å². The zero-order chi connectivity index (χ0) is 13.0. The van der Waals surface area contributed by atoms with Crippen molar-refractivity contribution in [3.8, 4) is 0 Å². The summed E-state index contributed by atoms with van der Waals surface area (Å²) in [5.41, 5.74) is 6.20. The number of nitrogens with one attached hydrogen (secondary N) is 1. The SMILES string of the molecule is COCc1cc(=O)[nH]c(N2CCC(CN)CC2)n1. The second-order valence-electron chi connectivity index (χ2n) is 4.66. The molecule has 18 heavy (non-hydrogen) atoms. The second kappa shape index (κ2) is 5.97. The summed E-state index contributed by atoms with van der Waals surface area (Å²) in [6.45, 7) is 2.88. The summed E-state index contributed by atoms with van der Waals surface area (Å²) < 4.78 is 5.01. The van der Waals surface area contributed by atoms with Crippen LogP contribution in [0.2, 0.25) is 0 Å². The van der Waals surface area contributed by atoms with Crippen LogP contribution in [-0.4, -0.2) is 36.7 Å². The average Bonchev–Trinajstić information content (AvgIpc) is 2.38. The number of aromatic nitrogens is 2. The van der Waals surface area contributed by atoms with Gasteiger partial charge in [0.2, 0.25) is 5.95 Å². The van der Waals surface area contributed by atoms with Gasteiger partial charge >= 0.3 is 0 Å². The third kappa shape index (κ3) is 3.08. The van der Waals surface area contributed by atoms with Gasteiger partial charge in [-0.3, -0.25) is 9.78 Å². The van der Waals surface area contributed by atoms with Crippen LogP contribution in [0.3, 0.4) is 0 Å². The minimum atomic E-state index is -0.131. The van der Waals surface area contributed by atoms with E-state index in [1.165, 1.54) is 6.07 Å². The van der Waals surface area contributed by atoms with Crippen molar-refractivity contribution in [1.82, 2.24) is 9.97 Å². The predicted octanol–water partition coefficient (Wildman–Crippen LogP) is 0.0914. The van der Waals surface area contributed by atoms with Crippen molar-refractivity contribution in [3.05, 3.63) is 22.1 Å². The first-order chi connectivity index (χ1) is 8.72. The van der Waals surface area contributed by atoms with Gasteiger partial charge in [0.05, 0.1) is 12.3 Å². The maximum Gasteiger partial charge on any atom is 0.252 e. The summed E-state index contributed by atoms with van der Waals surface area (Å²) >= 11 is 0. The van der Waals surface area contributed by atoms with Crippen LogP contribution < -0.4 is 16.2 Å². The Labute approximate surface area is 106 Å². The molecule has 0 bridgehead atoms. The fraction of sp³-hybridized carbons (Fsp3) is 0.667. The normalized spacial score (nSPS) is 17.1. The average molecular weight is 252 g/mol. The number of hydrogen-bond acceptors (Lipinski definition) is 5. The zero-order valence-corrected chi connectivity index (χ0v) is 10.7. The quantitative estimate of drug-likeness (QED) is 0.793. The number of nitrogens with zero attached hydrogens (tertiary/aromatic N) is 2. The summed E-state index contributed by atoms with van der Waals surface area (Å²) in [5.74, 6) is 1.24. The summed E-state index contributed by atoms with van der Waals surface area (Å²) in [6.07, 6.45) is 2.10. The van der Waals surface area contributed by atoms with E-state index in [1.54, 1.807) is 7.11 Å². The highest BCUT2D eigenvalue weighted by molar-refractivity contribution is 5.30. The minimum Gasteiger partial charge on any atom is -0.378 e. The van der Waals surface area contributed by atoms with Crippen molar-refractivity contribution in [2.45, 2.75) is 19.4 Å². The third-order valence-electron chi connectivity index (χ3n) is 3.32. The molecule has 1 saturated heterocycles. The molecule has 1 fully saturated rings. The van der Waals surface area contributed by atoms with E-state index in [2.05, 4.69) is 14.9 Å². The van der Waals surface area contributed by atoms with Gasteiger partial charge < -0.3 is 15.4 Å². The van der Waals surface area contributed by atoms with Crippen molar-refractivity contribution >= 4 is 5.95 Å². The topological polar surface area (TPSA) is 84.2 Å². The Bertz CT molecular complexity index is 438. The summed E-state index contributed by atoms with van der Waals surface area (Å²) in [5, 5.41) is 0. The van der Waals surface area contributed by atoms with E-state index in [-0.39, 0.29) is 5.56 Å². The number of H-pyrrole nitrogens is 1. The largest absolute Gasteiger partial charge is 0.378 e. The minimum absolute atomic E-state index is 0.131. The standard InChI is InChI=1S/C12H20N4O2/c1-18-8-10-6-11(17)15-12(14-10)16-4-2-9(7-13)3-5-16/h6,9H,2-5,7-8,13H2,1H3,(H,14,15,17). The van der Waals surface area contributed by atoms with Crippen molar-refractivity contribution < 1.29 is 4.74 Å². The summed E-state index contributed by atoms with van der Waals surface area (Å²) in [4.78, 5) is 20.8. The van der Waals surface area contributed by atoms with Crippen LogP contribution in [0.1, 0.15) is 18.5 Å². The molecular weight excluding hydrogens is 232 g/mol. The van der Waals surface area contributed by atoms with Crippen LogP contribution in [0.5, 0.6) is 0 Å². The summed E-state index contributed by atoms with van der Waals surface area (Å²) in [6, 6.07) is 1.47. The van der Waals surface area contributed by atoms with Gasteiger partial charge in [-0.2, -0.15) is 0 Å². The van der Waals surface area contributed by atoms with Gasteiger partial charge in [0.25, 0.3) is 5.56 Å². The highest BCUT2D eigenvalue weighted by Crippen LogP contribution is 2.19. The molecule has 0 amide bonds. The zero-order valence-electron chi connectivity index (χ0n) is 10.7. The van der Waals surface area contributed by atoms with Crippen LogP contribution in [-0.2, 0) is 11.3 Å². The maximum atomic E-state index is 11.6. The van der Waals surface area contributed by atoms with Crippen LogP contribution in [0.25, 0.3) is 0 Å². The lowest BCUT2D eigenvalue weighted by atomic mass is 9.97. The molecule has 2 heterocycles. The Morgan fingerprint density at radius 3 is 2.89 bits per heavy atom. The van der Waals surface area contributed by atoms with E-state index in [4.69, 9.17) is 10.5 Å². The molecule has 1 aliphatic heterocycles. The Balaban J connectivity index is 2.11. The first kappa shape index (κ1) is 13.0. The Kier molecular flexibility index (Phi) is 4.33. The van der Waals surface area contributed by atoms with Crippen molar-refractivity contribution in [1.29, 1.82) is 0 Å². The van der Waals surface area contributed by atoms with Gasteiger partial charge in [-0.25, -0.2) is 4.98 Å². The molecule has 0 radical (unpaired) electrons. The monoisotopic (exact) mass is 252 g/mol. The van der Waals surface area contributed by atoms with E-state index >= 15 is 0 Å². The number of hydrogen-bond donors (Lipinski definition) is 2. The highest BCUT2D eigenvalue weighted by atomic mass is 16.5. The van der Waals surface area contributed by atoms with Crippen molar-refractivity contribution in [3.63, 3.8) is 0 Å². The Hall–Kier alpha value is -1.40. The van der Waals surface area contributed by atoms with Gasteiger partial charge in [0.1, 0.15) is 0 Å². The molecule has 3 N–H and O–H groups in total. The Morgan fingerprint density at radius 1 is 1.56 bits per heavy atom. The van der Waals surface area contributed by atoms with Crippen LogP contribution in [0, 0.1) is 5.92 Å². The predicted molar refractivity (Wildman–Crippen MR) is 69.6 cm³/mol. The smallest absolute Gasteiger partial charge is 0.252 e.